The molecule has 0 aliphatic carbocycles. The summed E-state index contributed by atoms with van der Waals surface area (Å²) in [4.78, 5) is 23.3. The molecule has 18 heavy (non-hydrogen) atoms. The van der Waals surface area contributed by atoms with Crippen molar-refractivity contribution in [3.05, 3.63) is 29.3 Å². The summed E-state index contributed by atoms with van der Waals surface area (Å²) in [7, 11) is 0. The van der Waals surface area contributed by atoms with Gasteiger partial charge in [0, 0.05) is 24.5 Å². The maximum atomic E-state index is 12.2. The van der Waals surface area contributed by atoms with Crippen molar-refractivity contribution in [2.75, 3.05) is 18.5 Å². The van der Waals surface area contributed by atoms with Gasteiger partial charge in [-0.25, -0.2) is 0 Å². The number of nitrogens with one attached hydrogen (secondary N) is 1. The summed E-state index contributed by atoms with van der Waals surface area (Å²) in [6.45, 7) is 1.18. The Kier molecular flexibility index (Phi) is 2.38. The Morgan fingerprint density at radius 3 is 2.72 bits per heavy atom. The molecule has 0 bridgehead atoms. The molecule has 1 fully saturated rings. The number of rotatable bonds is 1. The molecule has 1 aromatic carbocycles. The van der Waals surface area contributed by atoms with E-state index in [1.165, 1.54) is 0 Å². The zero-order valence-electron chi connectivity index (χ0n) is 9.86. The van der Waals surface area contributed by atoms with Crippen LogP contribution in [-0.4, -0.2) is 25.0 Å². The van der Waals surface area contributed by atoms with Crippen molar-refractivity contribution in [3.63, 3.8) is 0 Å². The van der Waals surface area contributed by atoms with E-state index in [0.717, 1.165) is 5.56 Å². The van der Waals surface area contributed by atoms with Crippen molar-refractivity contribution in [1.29, 1.82) is 0 Å². The van der Waals surface area contributed by atoms with Crippen molar-refractivity contribution < 1.29 is 14.3 Å². The number of amides is 2. The van der Waals surface area contributed by atoms with Gasteiger partial charge in [0.05, 0.1) is 5.41 Å². The lowest BCUT2D eigenvalue weighted by atomic mass is 9.75. The second-order valence-corrected chi connectivity index (χ2v) is 4.77. The summed E-state index contributed by atoms with van der Waals surface area (Å²) >= 11 is 0. The monoisotopic (exact) mass is 246 g/mol. The lowest BCUT2D eigenvalue weighted by Crippen LogP contribution is -2.39. The van der Waals surface area contributed by atoms with E-state index in [0.29, 0.717) is 37.3 Å². The van der Waals surface area contributed by atoms with Crippen LogP contribution < -0.4 is 11.1 Å². The van der Waals surface area contributed by atoms with Crippen molar-refractivity contribution >= 4 is 17.5 Å². The van der Waals surface area contributed by atoms with Gasteiger partial charge in [-0.15, -0.1) is 0 Å². The van der Waals surface area contributed by atoms with Crippen molar-refractivity contribution in [2.24, 2.45) is 5.73 Å². The van der Waals surface area contributed by atoms with Gasteiger partial charge >= 0.3 is 0 Å². The zero-order chi connectivity index (χ0) is 12.8. The van der Waals surface area contributed by atoms with Crippen LogP contribution in [-0.2, 0) is 14.9 Å². The number of anilines is 1. The molecule has 0 unspecified atom stereocenters. The highest BCUT2D eigenvalue weighted by molar-refractivity contribution is 6.07. The molecule has 3 N–H and O–H groups in total. The van der Waals surface area contributed by atoms with Gasteiger partial charge in [0.25, 0.3) is 0 Å². The number of fused-ring (bicyclic) bond motifs is 2. The predicted molar refractivity (Wildman–Crippen MR) is 65.3 cm³/mol. The summed E-state index contributed by atoms with van der Waals surface area (Å²) in [6.07, 6.45) is 1.36. The third-order valence-electron chi connectivity index (χ3n) is 3.85. The molecule has 0 aromatic heterocycles. The molecule has 0 radical (unpaired) electrons. The van der Waals surface area contributed by atoms with Crippen molar-refractivity contribution in [3.8, 4) is 0 Å². The highest BCUT2D eigenvalue weighted by Gasteiger charge is 2.47. The number of carbonyl (C=O) groups excluding carboxylic acids is 2. The van der Waals surface area contributed by atoms with E-state index in [-0.39, 0.29) is 5.91 Å². The molecule has 0 atom stereocenters. The average Bonchev–Trinajstić information content (AvgIpc) is 2.63. The third kappa shape index (κ3) is 1.44. The zero-order valence-corrected chi connectivity index (χ0v) is 9.86. The Morgan fingerprint density at radius 1 is 1.33 bits per heavy atom. The highest BCUT2D eigenvalue weighted by Crippen LogP contribution is 2.44. The van der Waals surface area contributed by atoms with Crippen LogP contribution in [0.15, 0.2) is 18.2 Å². The Balaban J connectivity index is 2.08. The van der Waals surface area contributed by atoms with E-state index >= 15 is 0 Å². The fraction of sp³-hybridized carbons (Fsp3) is 0.385. The molecule has 2 amide bonds. The average molecular weight is 246 g/mol. The first kappa shape index (κ1) is 11.2. The molecule has 94 valence electrons. The van der Waals surface area contributed by atoms with Crippen molar-refractivity contribution in [2.45, 2.75) is 18.3 Å². The van der Waals surface area contributed by atoms with Crippen LogP contribution in [0.1, 0.15) is 28.8 Å². The fourth-order valence-electron chi connectivity index (χ4n) is 2.80. The molecule has 0 saturated carbocycles. The Labute approximate surface area is 104 Å². The van der Waals surface area contributed by atoms with Crippen LogP contribution in [0, 0.1) is 0 Å². The van der Waals surface area contributed by atoms with Crippen LogP contribution in [0.25, 0.3) is 0 Å². The van der Waals surface area contributed by atoms with E-state index < -0.39 is 11.3 Å². The molecule has 1 spiro atoms. The first-order valence-corrected chi connectivity index (χ1v) is 5.97. The SMILES string of the molecule is NC(=O)c1ccc2c(c1)NC(=O)C21CCOCC1. The van der Waals surface area contributed by atoms with Crippen molar-refractivity contribution in [1.82, 2.24) is 0 Å². The minimum atomic E-state index is -0.486. The summed E-state index contributed by atoms with van der Waals surface area (Å²) in [5.41, 5.74) is 6.84. The largest absolute Gasteiger partial charge is 0.381 e. The van der Waals surface area contributed by atoms with E-state index in [1.807, 2.05) is 6.07 Å². The first-order valence-electron chi connectivity index (χ1n) is 5.97. The molecule has 1 saturated heterocycles. The number of hydrogen-bond acceptors (Lipinski definition) is 3. The molecular weight excluding hydrogens is 232 g/mol. The van der Waals surface area contributed by atoms with E-state index in [1.54, 1.807) is 12.1 Å². The number of ether oxygens (including phenoxy) is 1. The van der Waals surface area contributed by atoms with Gasteiger partial charge in [-0.05, 0) is 30.5 Å². The van der Waals surface area contributed by atoms with Crippen LogP contribution >= 0.6 is 0 Å². The molecule has 2 aliphatic heterocycles. The van der Waals surface area contributed by atoms with E-state index in [2.05, 4.69) is 5.32 Å². The van der Waals surface area contributed by atoms with Crippen LogP contribution in [0.2, 0.25) is 0 Å². The smallest absolute Gasteiger partial charge is 0.248 e. The third-order valence-corrected chi connectivity index (χ3v) is 3.85. The molecule has 5 heteroatoms. The van der Waals surface area contributed by atoms with Gasteiger partial charge < -0.3 is 15.8 Å². The summed E-state index contributed by atoms with van der Waals surface area (Å²) in [6, 6.07) is 5.16. The molecule has 2 heterocycles. The van der Waals surface area contributed by atoms with Crippen LogP contribution in [0.5, 0.6) is 0 Å². The number of benzene rings is 1. The minimum Gasteiger partial charge on any atom is -0.381 e. The van der Waals surface area contributed by atoms with Gasteiger partial charge in [-0.3, -0.25) is 9.59 Å². The van der Waals surface area contributed by atoms with E-state index in [9.17, 15) is 9.59 Å². The van der Waals surface area contributed by atoms with Gasteiger partial charge in [0.1, 0.15) is 0 Å². The molecule has 5 nitrogen and oxygen atoms in total. The van der Waals surface area contributed by atoms with Gasteiger partial charge in [-0.1, -0.05) is 6.07 Å². The standard InChI is InChI=1S/C13H14N2O3/c14-11(16)8-1-2-9-10(7-8)15-12(17)13(9)3-5-18-6-4-13/h1-2,7H,3-6H2,(H2,14,16)(H,15,17). The van der Waals surface area contributed by atoms with Crippen LogP contribution in [0.3, 0.4) is 0 Å². The highest BCUT2D eigenvalue weighted by atomic mass is 16.5. The maximum Gasteiger partial charge on any atom is 0.248 e. The number of hydrogen-bond donors (Lipinski definition) is 2. The molecular formula is C13H14N2O3. The predicted octanol–water partition coefficient (Wildman–Crippen LogP) is 0.786. The molecule has 3 rings (SSSR count). The number of carbonyl (C=O) groups is 2. The molecule has 1 aromatic rings. The quantitative estimate of drug-likeness (QED) is 0.768. The number of primary amides is 1. The second kappa shape index (κ2) is 3.81. The first-order chi connectivity index (χ1) is 8.63. The fourth-order valence-corrected chi connectivity index (χ4v) is 2.80. The summed E-state index contributed by atoms with van der Waals surface area (Å²) in [5, 5.41) is 2.85. The summed E-state index contributed by atoms with van der Waals surface area (Å²) < 4.78 is 5.33. The Bertz CT molecular complexity index is 533. The van der Waals surface area contributed by atoms with E-state index in [4.69, 9.17) is 10.5 Å². The summed E-state index contributed by atoms with van der Waals surface area (Å²) in [5.74, 6) is -0.484. The number of nitrogens with two attached hydrogens (primary N) is 1. The maximum absolute atomic E-state index is 12.2. The Hall–Kier alpha value is -1.88. The Morgan fingerprint density at radius 2 is 2.06 bits per heavy atom. The topological polar surface area (TPSA) is 81.4 Å². The van der Waals surface area contributed by atoms with Gasteiger partial charge in [0.15, 0.2) is 0 Å². The lowest BCUT2D eigenvalue weighted by molar-refractivity contribution is -0.124. The normalized spacial score (nSPS) is 20.6. The lowest BCUT2D eigenvalue weighted by Gasteiger charge is -2.31. The second-order valence-electron chi connectivity index (χ2n) is 4.77. The van der Waals surface area contributed by atoms with Crippen LogP contribution in [0.4, 0.5) is 5.69 Å². The molecule has 2 aliphatic rings. The van der Waals surface area contributed by atoms with Gasteiger partial charge in [-0.2, -0.15) is 0 Å². The minimum absolute atomic E-state index is 0.00224. The van der Waals surface area contributed by atoms with Gasteiger partial charge in [0.2, 0.25) is 11.8 Å².